The second kappa shape index (κ2) is 6.91. The molecule has 3 nitrogen and oxygen atoms in total. The summed E-state index contributed by atoms with van der Waals surface area (Å²) in [6, 6.07) is 16.5. The molecule has 0 aliphatic heterocycles. The van der Waals surface area contributed by atoms with E-state index in [1.54, 1.807) is 0 Å². The maximum Gasteiger partial charge on any atom is 0.137 e. The average Bonchev–Trinajstić information content (AvgIpc) is 2.55. The third kappa shape index (κ3) is 3.51. The second-order valence-corrected chi connectivity index (χ2v) is 6.18. The van der Waals surface area contributed by atoms with Crippen LogP contribution < -0.4 is 10.1 Å². The van der Waals surface area contributed by atoms with E-state index in [0.717, 1.165) is 33.4 Å². The van der Waals surface area contributed by atoms with Crippen LogP contribution in [-0.4, -0.2) is 12.6 Å². The molecule has 3 heteroatoms. The van der Waals surface area contributed by atoms with Crippen LogP contribution >= 0.6 is 0 Å². The molecule has 1 heterocycles. The molecule has 0 amide bonds. The Morgan fingerprint density at radius 3 is 2.46 bits per heavy atom. The van der Waals surface area contributed by atoms with Crippen LogP contribution in [-0.2, 0) is 0 Å². The monoisotopic (exact) mass is 321 g/mol. The maximum atomic E-state index is 6.13. The van der Waals surface area contributed by atoms with Crippen LogP contribution in [0, 0.1) is 6.92 Å². The molecule has 0 aliphatic rings. The maximum absolute atomic E-state index is 6.13. The predicted octanol–water partition coefficient (Wildman–Crippen LogP) is 5.12. The third-order valence-electron chi connectivity index (χ3n) is 3.76. The Hall–Kier alpha value is -2.55. The van der Waals surface area contributed by atoms with Crippen molar-refractivity contribution >= 4 is 11.0 Å². The quantitative estimate of drug-likeness (QED) is 0.669. The first-order valence-corrected chi connectivity index (χ1v) is 8.38. The summed E-state index contributed by atoms with van der Waals surface area (Å²) in [6.45, 7) is 8.85. The number of hydrogen-bond acceptors (Lipinski definition) is 3. The standard InChI is InChI=1S/C21H23NO2/c1-5-23-17-10-11-20-18(12-17)19(22-14(2)3)13-21(24-20)16-8-6-15(4)7-9-16/h6-14H,5H2,1-4H3. The van der Waals surface area contributed by atoms with Gasteiger partial charge in [-0.05, 0) is 45.9 Å². The fourth-order valence-electron chi connectivity index (χ4n) is 2.65. The topological polar surface area (TPSA) is 34.7 Å². The second-order valence-electron chi connectivity index (χ2n) is 6.18. The van der Waals surface area contributed by atoms with E-state index in [0.29, 0.717) is 6.61 Å². The van der Waals surface area contributed by atoms with E-state index in [1.807, 2.05) is 31.2 Å². The van der Waals surface area contributed by atoms with Crippen molar-refractivity contribution in [1.82, 2.24) is 0 Å². The lowest BCUT2D eigenvalue weighted by Crippen LogP contribution is -2.08. The van der Waals surface area contributed by atoms with Crippen LogP contribution in [0.1, 0.15) is 26.3 Å². The van der Waals surface area contributed by atoms with Gasteiger partial charge in [0.05, 0.1) is 12.0 Å². The van der Waals surface area contributed by atoms with Crippen molar-refractivity contribution in [1.29, 1.82) is 0 Å². The van der Waals surface area contributed by atoms with E-state index in [1.165, 1.54) is 5.56 Å². The van der Waals surface area contributed by atoms with E-state index >= 15 is 0 Å². The number of benzene rings is 2. The smallest absolute Gasteiger partial charge is 0.137 e. The van der Waals surface area contributed by atoms with Crippen LogP contribution in [0.4, 0.5) is 0 Å². The Labute approximate surface area is 142 Å². The summed E-state index contributed by atoms with van der Waals surface area (Å²) in [6.07, 6.45) is 0. The van der Waals surface area contributed by atoms with E-state index in [4.69, 9.17) is 14.1 Å². The van der Waals surface area contributed by atoms with Crippen molar-refractivity contribution in [3.8, 4) is 17.1 Å². The van der Waals surface area contributed by atoms with Crippen molar-refractivity contribution < 1.29 is 9.15 Å². The lowest BCUT2D eigenvalue weighted by Gasteiger charge is -2.08. The van der Waals surface area contributed by atoms with Gasteiger partial charge in [-0.15, -0.1) is 0 Å². The number of nitrogens with zero attached hydrogens (tertiary/aromatic N) is 1. The first kappa shape index (κ1) is 16.3. The van der Waals surface area contributed by atoms with Crippen LogP contribution in [0.3, 0.4) is 0 Å². The summed E-state index contributed by atoms with van der Waals surface area (Å²) in [7, 11) is 0. The van der Waals surface area contributed by atoms with Gasteiger partial charge in [-0.3, -0.25) is 4.99 Å². The molecule has 124 valence electrons. The molecule has 0 fully saturated rings. The highest BCUT2D eigenvalue weighted by atomic mass is 16.5. The van der Waals surface area contributed by atoms with E-state index in [2.05, 4.69) is 45.0 Å². The molecular formula is C21H23NO2. The molecule has 0 radical (unpaired) electrons. The molecule has 2 aromatic carbocycles. The van der Waals surface area contributed by atoms with Gasteiger partial charge in [0.25, 0.3) is 0 Å². The molecule has 0 saturated heterocycles. The SMILES string of the molecule is CCOc1ccc2oc(-c3ccc(C)cc3)cc(=NC(C)C)c2c1. The van der Waals surface area contributed by atoms with Crippen LogP contribution in [0.15, 0.2) is 57.9 Å². The fraction of sp³-hybridized carbons (Fsp3) is 0.286. The van der Waals surface area contributed by atoms with Crippen molar-refractivity contribution in [2.45, 2.75) is 33.7 Å². The minimum Gasteiger partial charge on any atom is -0.494 e. The Kier molecular flexibility index (Phi) is 4.70. The highest BCUT2D eigenvalue weighted by Crippen LogP contribution is 2.25. The highest BCUT2D eigenvalue weighted by molar-refractivity contribution is 5.80. The zero-order chi connectivity index (χ0) is 17.1. The largest absolute Gasteiger partial charge is 0.494 e. The highest BCUT2D eigenvalue weighted by Gasteiger charge is 2.08. The Morgan fingerprint density at radius 1 is 1.04 bits per heavy atom. The van der Waals surface area contributed by atoms with Crippen molar-refractivity contribution in [2.24, 2.45) is 4.99 Å². The lowest BCUT2D eigenvalue weighted by molar-refractivity contribution is 0.340. The van der Waals surface area contributed by atoms with Gasteiger partial charge in [0.1, 0.15) is 17.1 Å². The summed E-state index contributed by atoms with van der Waals surface area (Å²) in [5.74, 6) is 1.66. The predicted molar refractivity (Wildman–Crippen MR) is 98.3 cm³/mol. The number of ether oxygens (including phenoxy) is 1. The van der Waals surface area contributed by atoms with Crippen molar-refractivity contribution in [3.63, 3.8) is 0 Å². The van der Waals surface area contributed by atoms with Crippen LogP contribution in [0.5, 0.6) is 5.75 Å². The lowest BCUT2D eigenvalue weighted by atomic mass is 10.1. The number of aryl methyl sites for hydroxylation is 1. The van der Waals surface area contributed by atoms with Crippen LogP contribution in [0.2, 0.25) is 0 Å². The summed E-state index contributed by atoms with van der Waals surface area (Å²) < 4.78 is 11.7. The molecule has 0 spiro atoms. The molecule has 3 rings (SSSR count). The molecule has 0 N–H and O–H groups in total. The number of hydrogen-bond donors (Lipinski definition) is 0. The number of fused-ring (bicyclic) bond motifs is 1. The van der Waals surface area contributed by atoms with Gasteiger partial charge in [0.2, 0.25) is 0 Å². The van der Waals surface area contributed by atoms with E-state index < -0.39 is 0 Å². The molecule has 0 aliphatic carbocycles. The normalized spacial score (nSPS) is 12.1. The van der Waals surface area contributed by atoms with Gasteiger partial charge in [0, 0.05) is 23.1 Å². The summed E-state index contributed by atoms with van der Waals surface area (Å²) in [5.41, 5.74) is 3.10. The summed E-state index contributed by atoms with van der Waals surface area (Å²) >= 11 is 0. The van der Waals surface area contributed by atoms with Gasteiger partial charge in [-0.1, -0.05) is 29.8 Å². The van der Waals surface area contributed by atoms with Gasteiger partial charge < -0.3 is 9.15 Å². The van der Waals surface area contributed by atoms with Gasteiger partial charge in [-0.25, -0.2) is 0 Å². The molecule has 0 saturated carbocycles. The molecule has 24 heavy (non-hydrogen) atoms. The zero-order valence-electron chi connectivity index (χ0n) is 14.7. The Bertz CT molecular complexity index is 905. The molecule has 1 aromatic heterocycles. The first-order chi connectivity index (χ1) is 11.6. The first-order valence-electron chi connectivity index (χ1n) is 8.38. The molecule has 3 aromatic rings. The van der Waals surface area contributed by atoms with Crippen molar-refractivity contribution in [3.05, 3.63) is 59.5 Å². The number of rotatable bonds is 4. The van der Waals surface area contributed by atoms with Gasteiger partial charge in [0.15, 0.2) is 0 Å². The Balaban J connectivity index is 2.23. The van der Waals surface area contributed by atoms with Crippen molar-refractivity contribution in [2.75, 3.05) is 6.61 Å². The summed E-state index contributed by atoms with van der Waals surface area (Å²) in [5, 5.41) is 1.91. The van der Waals surface area contributed by atoms with Gasteiger partial charge in [-0.2, -0.15) is 0 Å². The molecule has 0 unspecified atom stereocenters. The molecule has 0 atom stereocenters. The third-order valence-corrected chi connectivity index (χ3v) is 3.76. The zero-order valence-corrected chi connectivity index (χ0v) is 14.7. The van der Waals surface area contributed by atoms with E-state index in [9.17, 15) is 0 Å². The summed E-state index contributed by atoms with van der Waals surface area (Å²) in [4.78, 5) is 4.78. The molecular weight excluding hydrogens is 298 g/mol. The average molecular weight is 321 g/mol. The Morgan fingerprint density at radius 2 is 1.79 bits per heavy atom. The minimum absolute atomic E-state index is 0.206. The van der Waals surface area contributed by atoms with Crippen LogP contribution in [0.25, 0.3) is 22.3 Å². The molecule has 0 bridgehead atoms. The van der Waals surface area contributed by atoms with Gasteiger partial charge >= 0.3 is 0 Å². The fourth-order valence-corrected chi connectivity index (χ4v) is 2.65. The van der Waals surface area contributed by atoms with E-state index in [-0.39, 0.29) is 6.04 Å². The minimum atomic E-state index is 0.206.